The van der Waals surface area contributed by atoms with Gasteiger partial charge in [-0.2, -0.15) is 8.94 Å². The van der Waals surface area contributed by atoms with Gasteiger partial charge < -0.3 is 5.11 Å². The van der Waals surface area contributed by atoms with Crippen molar-refractivity contribution in [1.82, 2.24) is 9.36 Å². The molecular formula is C11H12N3O2S2+. The minimum Gasteiger partial charge on any atom is -0.481 e. The summed E-state index contributed by atoms with van der Waals surface area (Å²) in [5, 5.41) is 9.42. The number of carboxylic acid groups (broad SMARTS) is 1. The third-order valence-corrected chi connectivity index (χ3v) is 3.89. The van der Waals surface area contributed by atoms with E-state index in [1.54, 1.807) is 18.1 Å². The summed E-state index contributed by atoms with van der Waals surface area (Å²) in [4.78, 5) is 14.5. The van der Waals surface area contributed by atoms with Gasteiger partial charge in [-0.25, -0.2) is 4.98 Å². The zero-order valence-corrected chi connectivity index (χ0v) is 11.2. The molecule has 0 unspecified atom stereocenters. The fourth-order valence-electron chi connectivity index (χ4n) is 1.32. The van der Waals surface area contributed by atoms with Crippen LogP contribution in [0.4, 0.5) is 0 Å². The van der Waals surface area contributed by atoms with Crippen molar-refractivity contribution in [3.05, 3.63) is 30.9 Å². The molecule has 0 spiro atoms. The fourth-order valence-corrected chi connectivity index (χ4v) is 2.68. The average Bonchev–Trinajstić information content (AvgIpc) is 2.89. The van der Waals surface area contributed by atoms with Gasteiger partial charge in [0.25, 0.3) is 0 Å². The van der Waals surface area contributed by atoms with E-state index >= 15 is 0 Å². The van der Waals surface area contributed by atoms with Crippen LogP contribution in [0.1, 0.15) is 6.42 Å². The summed E-state index contributed by atoms with van der Waals surface area (Å²) < 4.78 is 5.97. The molecule has 18 heavy (non-hydrogen) atoms. The highest BCUT2D eigenvalue weighted by Gasteiger charge is 2.05. The van der Waals surface area contributed by atoms with E-state index in [-0.39, 0.29) is 6.42 Å². The van der Waals surface area contributed by atoms with Crippen molar-refractivity contribution >= 4 is 29.3 Å². The van der Waals surface area contributed by atoms with Gasteiger partial charge in [0.15, 0.2) is 18.3 Å². The maximum absolute atomic E-state index is 10.4. The van der Waals surface area contributed by atoms with E-state index in [0.717, 1.165) is 16.4 Å². The highest BCUT2D eigenvalue weighted by molar-refractivity contribution is 7.98. The van der Waals surface area contributed by atoms with Gasteiger partial charge in [0.05, 0.1) is 6.42 Å². The molecule has 0 saturated carbocycles. The van der Waals surface area contributed by atoms with Crippen molar-refractivity contribution in [2.75, 3.05) is 5.75 Å². The second-order valence-electron chi connectivity index (χ2n) is 3.53. The van der Waals surface area contributed by atoms with Crippen LogP contribution in [0.2, 0.25) is 0 Å². The molecule has 2 heterocycles. The van der Waals surface area contributed by atoms with Crippen LogP contribution in [-0.4, -0.2) is 26.2 Å². The van der Waals surface area contributed by atoms with Crippen LogP contribution in [0.15, 0.2) is 30.9 Å². The van der Waals surface area contributed by atoms with Gasteiger partial charge in [-0.05, 0) is 11.5 Å². The molecule has 7 heteroatoms. The summed E-state index contributed by atoms with van der Waals surface area (Å²) in [6.07, 6.45) is 5.67. The van der Waals surface area contributed by atoms with E-state index in [4.69, 9.17) is 5.11 Å². The largest absolute Gasteiger partial charge is 0.481 e. The van der Waals surface area contributed by atoms with Crippen molar-refractivity contribution in [1.29, 1.82) is 0 Å². The van der Waals surface area contributed by atoms with Gasteiger partial charge in [-0.15, -0.1) is 0 Å². The first kappa shape index (κ1) is 13.0. The van der Waals surface area contributed by atoms with Crippen molar-refractivity contribution in [2.45, 2.75) is 12.3 Å². The molecule has 0 radical (unpaired) electrons. The molecule has 0 saturated heterocycles. The summed E-state index contributed by atoms with van der Waals surface area (Å²) in [5.41, 5.74) is 1.05. The lowest BCUT2D eigenvalue weighted by Crippen LogP contribution is -2.30. The number of nitrogens with zero attached hydrogens (tertiary/aromatic N) is 3. The Morgan fingerprint density at radius 2 is 2.22 bits per heavy atom. The van der Waals surface area contributed by atoms with E-state index in [2.05, 4.69) is 9.36 Å². The van der Waals surface area contributed by atoms with Crippen LogP contribution >= 0.6 is 23.3 Å². The third kappa shape index (κ3) is 3.78. The number of hydrogen-bond donors (Lipinski definition) is 1. The smallest absolute Gasteiger partial charge is 0.304 e. The number of pyridine rings is 1. The molecule has 0 bridgehead atoms. The van der Waals surface area contributed by atoms with Gasteiger partial charge >= 0.3 is 5.97 Å². The predicted molar refractivity (Wildman–Crippen MR) is 70.3 cm³/mol. The first-order valence-corrected chi connectivity index (χ1v) is 7.24. The second kappa shape index (κ2) is 6.46. The molecule has 0 fully saturated rings. The topological polar surface area (TPSA) is 67.0 Å². The number of thioether (sulfide) groups is 1. The lowest BCUT2D eigenvalue weighted by Gasteiger charge is -1.97. The van der Waals surface area contributed by atoms with Crippen LogP contribution in [0.5, 0.6) is 0 Å². The number of aliphatic carboxylic acids is 1. The first-order valence-electron chi connectivity index (χ1n) is 5.31. The Labute approximate surface area is 113 Å². The first-order chi connectivity index (χ1) is 8.75. The fraction of sp³-hybridized carbons (Fsp3) is 0.273. The highest BCUT2D eigenvalue weighted by Crippen LogP contribution is 2.17. The molecular weight excluding hydrogens is 270 g/mol. The summed E-state index contributed by atoms with van der Waals surface area (Å²) in [5.74, 6) is 0.628. The molecule has 1 N–H and O–H groups in total. The van der Waals surface area contributed by atoms with Crippen molar-refractivity contribution in [2.24, 2.45) is 0 Å². The molecule has 0 aliphatic carbocycles. The van der Waals surface area contributed by atoms with E-state index < -0.39 is 5.97 Å². The van der Waals surface area contributed by atoms with E-state index in [1.807, 2.05) is 29.1 Å². The normalized spacial score (nSPS) is 10.4. The van der Waals surface area contributed by atoms with Crippen molar-refractivity contribution in [3.8, 4) is 10.6 Å². The summed E-state index contributed by atoms with van der Waals surface area (Å²) in [6.45, 7) is 0. The lowest BCUT2D eigenvalue weighted by atomic mass is 10.3. The minimum atomic E-state index is -0.751. The SMILES string of the molecule is O=C(O)CCSC[n+]1ccc(-c2ncns2)cc1. The Morgan fingerprint density at radius 3 is 2.83 bits per heavy atom. The van der Waals surface area contributed by atoms with Crippen molar-refractivity contribution < 1.29 is 14.5 Å². The molecule has 0 atom stereocenters. The molecule has 0 aliphatic rings. The van der Waals surface area contributed by atoms with Crippen LogP contribution in [0.25, 0.3) is 10.6 Å². The van der Waals surface area contributed by atoms with Gasteiger partial charge in [-0.1, -0.05) is 11.8 Å². The Morgan fingerprint density at radius 1 is 1.44 bits per heavy atom. The maximum atomic E-state index is 10.4. The predicted octanol–water partition coefficient (Wildman–Crippen LogP) is 1.66. The van der Waals surface area contributed by atoms with E-state index in [0.29, 0.717) is 5.75 Å². The van der Waals surface area contributed by atoms with Crippen LogP contribution in [0.3, 0.4) is 0 Å². The third-order valence-electron chi connectivity index (χ3n) is 2.20. The summed E-state index contributed by atoms with van der Waals surface area (Å²) in [7, 11) is 0. The number of aromatic nitrogens is 3. The molecule has 2 aromatic rings. The zero-order chi connectivity index (χ0) is 12.8. The average molecular weight is 282 g/mol. The van der Waals surface area contributed by atoms with Crippen LogP contribution in [-0.2, 0) is 10.7 Å². The molecule has 5 nitrogen and oxygen atoms in total. The van der Waals surface area contributed by atoms with Gasteiger partial charge in [-0.3, -0.25) is 4.79 Å². The van der Waals surface area contributed by atoms with Gasteiger partial charge in [0, 0.05) is 23.4 Å². The molecule has 2 rings (SSSR count). The summed E-state index contributed by atoms with van der Waals surface area (Å²) >= 11 is 2.96. The van der Waals surface area contributed by atoms with E-state index in [9.17, 15) is 4.79 Å². The zero-order valence-electron chi connectivity index (χ0n) is 9.52. The molecule has 0 aromatic carbocycles. The molecule has 94 valence electrons. The minimum absolute atomic E-state index is 0.202. The Bertz CT molecular complexity index is 500. The molecule has 0 aliphatic heterocycles. The molecule has 2 aromatic heterocycles. The highest BCUT2D eigenvalue weighted by atomic mass is 32.2. The van der Waals surface area contributed by atoms with Crippen LogP contribution < -0.4 is 4.57 Å². The lowest BCUT2D eigenvalue weighted by molar-refractivity contribution is -0.675. The standard InChI is InChI=1S/C11H11N3O2S2/c15-10(16)3-6-17-8-14-4-1-9(2-5-14)11-12-7-13-18-11/h1-2,4-5,7H,3,6,8H2/p+1. The summed E-state index contributed by atoms with van der Waals surface area (Å²) in [6, 6.07) is 3.97. The maximum Gasteiger partial charge on any atom is 0.304 e. The monoisotopic (exact) mass is 282 g/mol. The van der Waals surface area contributed by atoms with Crippen LogP contribution in [0, 0.1) is 0 Å². The Hall–Kier alpha value is -1.47. The number of rotatable bonds is 6. The van der Waals surface area contributed by atoms with Gasteiger partial charge in [0.1, 0.15) is 11.3 Å². The number of carboxylic acids is 1. The number of carbonyl (C=O) groups is 1. The Kier molecular flexibility index (Phi) is 4.66. The number of hydrogen-bond acceptors (Lipinski definition) is 5. The van der Waals surface area contributed by atoms with Crippen molar-refractivity contribution in [3.63, 3.8) is 0 Å². The van der Waals surface area contributed by atoms with E-state index in [1.165, 1.54) is 11.5 Å². The molecule has 0 amide bonds. The quantitative estimate of drug-likeness (QED) is 0.644. The second-order valence-corrected chi connectivity index (χ2v) is 5.38. The van der Waals surface area contributed by atoms with Gasteiger partial charge in [0.2, 0.25) is 0 Å². The Balaban J connectivity index is 1.86.